The largest absolute Gasteiger partial charge is 0.440 e. The Morgan fingerprint density at radius 2 is 1.73 bits per heavy atom. The van der Waals surface area contributed by atoms with E-state index in [-0.39, 0.29) is 24.6 Å². The molecule has 1 fully saturated rings. The molecular weight excluding hydrogens is 442 g/mol. The van der Waals surface area contributed by atoms with Gasteiger partial charge in [-0.2, -0.15) is 0 Å². The van der Waals surface area contributed by atoms with Crippen LogP contribution in [-0.2, 0) is 6.61 Å². The van der Waals surface area contributed by atoms with Crippen LogP contribution in [0.4, 0.5) is 4.79 Å². The van der Waals surface area contributed by atoms with E-state index in [2.05, 4.69) is 0 Å². The molecule has 2 amide bonds. The molecule has 0 atom stereocenters. The molecule has 4 rings (SSSR count). The first-order valence-electron chi connectivity index (χ1n) is 11.1. The summed E-state index contributed by atoms with van der Waals surface area (Å²) in [7, 11) is 0. The van der Waals surface area contributed by atoms with E-state index in [0.717, 1.165) is 27.4 Å². The summed E-state index contributed by atoms with van der Waals surface area (Å²) in [5, 5.41) is 20.7. The van der Waals surface area contributed by atoms with Crippen LogP contribution in [0.25, 0.3) is 22.6 Å². The number of carbonyl (C=O) groups excluding carboxylic acids is 1. The van der Waals surface area contributed by atoms with Gasteiger partial charge in [0, 0.05) is 35.2 Å². The molecule has 0 saturated carbocycles. The Hall–Kier alpha value is -2.87. The van der Waals surface area contributed by atoms with Gasteiger partial charge in [-0.25, -0.2) is 14.8 Å². The first-order valence-corrected chi connectivity index (χ1v) is 11.5. The van der Waals surface area contributed by atoms with E-state index in [4.69, 9.17) is 21.0 Å². The van der Waals surface area contributed by atoms with Gasteiger partial charge in [-0.05, 0) is 44.4 Å². The molecule has 1 aromatic heterocycles. The third kappa shape index (κ3) is 5.05. The number of nitrogens with zero attached hydrogens (tertiary/aromatic N) is 3. The average molecular weight is 470 g/mol. The molecule has 3 aromatic rings. The van der Waals surface area contributed by atoms with E-state index in [0.29, 0.717) is 42.6 Å². The second-order valence-corrected chi connectivity index (χ2v) is 9.01. The van der Waals surface area contributed by atoms with Gasteiger partial charge in [0.15, 0.2) is 11.7 Å². The van der Waals surface area contributed by atoms with Crippen molar-refractivity contribution in [1.82, 2.24) is 14.9 Å². The Balaban J connectivity index is 1.60. The molecule has 174 valence electrons. The zero-order valence-electron chi connectivity index (χ0n) is 18.7. The van der Waals surface area contributed by atoms with E-state index >= 15 is 0 Å². The minimum atomic E-state index is -0.373. The molecule has 0 bridgehead atoms. The maximum Gasteiger partial charge on any atom is 0.343 e. The highest BCUT2D eigenvalue weighted by Gasteiger charge is 2.31. The fraction of sp³-hybridized carbons (Fsp3) is 0.360. The Labute approximate surface area is 198 Å². The highest BCUT2D eigenvalue weighted by molar-refractivity contribution is 6.30. The number of urea groups is 1. The molecule has 2 N–H and O–H groups in total. The Morgan fingerprint density at radius 3 is 2.30 bits per heavy atom. The van der Waals surface area contributed by atoms with Crippen LogP contribution in [0.5, 0.6) is 0 Å². The maximum absolute atomic E-state index is 12.4. The second kappa shape index (κ2) is 9.95. The summed E-state index contributed by atoms with van der Waals surface area (Å²) in [6.07, 6.45) is 1.39. The van der Waals surface area contributed by atoms with Crippen molar-refractivity contribution in [3.63, 3.8) is 0 Å². The lowest BCUT2D eigenvalue weighted by molar-refractivity contribution is -0.0815. The molecular formula is C25H28ClN3O4. The van der Waals surface area contributed by atoms with Gasteiger partial charge < -0.3 is 14.4 Å². The number of rotatable bonds is 5. The number of hydrogen-bond acceptors (Lipinski definition) is 5. The number of halogens is 1. The van der Waals surface area contributed by atoms with Gasteiger partial charge in [0.25, 0.3) is 0 Å². The number of amides is 2. The van der Waals surface area contributed by atoms with Crippen molar-refractivity contribution in [2.24, 2.45) is 0 Å². The number of aromatic nitrogens is 1. The minimum absolute atomic E-state index is 0.0225. The molecule has 0 spiro atoms. The molecule has 2 aromatic carbocycles. The lowest BCUT2D eigenvalue weighted by Gasteiger charge is -2.33. The van der Waals surface area contributed by atoms with Crippen LogP contribution in [0.2, 0.25) is 5.02 Å². The van der Waals surface area contributed by atoms with E-state index in [1.165, 1.54) is 0 Å². The van der Waals surface area contributed by atoms with E-state index in [9.17, 15) is 15.1 Å². The molecule has 0 aliphatic carbocycles. The predicted molar refractivity (Wildman–Crippen MR) is 126 cm³/mol. The van der Waals surface area contributed by atoms with Gasteiger partial charge in [-0.1, -0.05) is 48.0 Å². The van der Waals surface area contributed by atoms with Crippen LogP contribution >= 0.6 is 11.6 Å². The SMILES string of the molecule is CC(C)N(O)C(=O)N1CCC(c2nc(-c3ccc(Cl)cc3)c(-c3ccc(CO)cc3)o2)CC1. The number of hydrogen-bond donors (Lipinski definition) is 2. The Bertz CT molecular complexity index is 1090. The van der Waals surface area contributed by atoms with Crippen molar-refractivity contribution in [3.05, 3.63) is 65.0 Å². The fourth-order valence-electron chi connectivity index (χ4n) is 3.96. The van der Waals surface area contributed by atoms with Crippen molar-refractivity contribution >= 4 is 17.6 Å². The molecule has 1 saturated heterocycles. The fourth-order valence-corrected chi connectivity index (χ4v) is 4.08. The number of hydroxylamine groups is 2. The summed E-state index contributed by atoms with van der Waals surface area (Å²) in [5.74, 6) is 1.37. The second-order valence-electron chi connectivity index (χ2n) is 8.57. The van der Waals surface area contributed by atoms with Crippen molar-refractivity contribution in [2.75, 3.05) is 13.1 Å². The number of piperidine rings is 1. The number of oxazole rings is 1. The van der Waals surface area contributed by atoms with Crippen LogP contribution in [0.3, 0.4) is 0 Å². The van der Waals surface area contributed by atoms with Crippen molar-refractivity contribution in [3.8, 4) is 22.6 Å². The third-order valence-corrected chi connectivity index (χ3v) is 6.21. The standard InChI is InChI=1S/C25H28ClN3O4/c1-16(2)29(32)25(31)28-13-11-20(12-14-28)24-27-22(18-7-9-21(26)10-8-18)23(33-24)19-5-3-17(15-30)4-6-19/h3-10,16,20,30,32H,11-15H2,1-2H3. The Morgan fingerprint density at radius 1 is 1.12 bits per heavy atom. The van der Waals surface area contributed by atoms with Gasteiger partial charge in [-0.3, -0.25) is 5.21 Å². The minimum Gasteiger partial charge on any atom is -0.440 e. The van der Waals surface area contributed by atoms with E-state index < -0.39 is 0 Å². The quantitative estimate of drug-likeness (QED) is 0.377. The molecule has 33 heavy (non-hydrogen) atoms. The number of aliphatic hydroxyl groups is 1. The highest BCUT2D eigenvalue weighted by atomic mass is 35.5. The van der Waals surface area contributed by atoms with Crippen LogP contribution in [0.15, 0.2) is 52.9 Å². The van der Waals surface area contributed by atoms with Crippen molar-refractivity contribution in [1.29, 1.82) is 0 Å². The lowest BCUT2D eigenvalue weighted by atomic mass is 9.97. The summed E-state index contributed by atoms with van der Waals surface area (Å²) in [6.45, 7) is 4.55. The normalized spacial score (nSPS) is 14.7. The van der Waals surface area contributed by atoms with Crippen molar-refractivity contribution in [2.45, 2.75) is 45.3 Å². The van der Waals surface area contributed by atoms with Gasteiger partial charge >= 0.3 is 6.03 Å². The van der Waals surface area contributed by atoms with Crippen molar-refractivity contribution < 1.29 is 19.5 Å². The number of aliphatic hydroxyl groups excluding tert-OH is 1. The average Bonchev–Trinajstić information content (AvgIpc) is 3.29. The first-order chi connectivity index (χ1) is 15.9. The van der Waals surface area contributed by atoms with E-state index in [1.807, 2.05) is 48.5 Å². The third-order valence-electron chi connectivity index (χ3n) is 5.96. The van der Waals surface area contributed by atoms with Gasteiger partial charge in [-0.15, -0.1) is 0 Å². The molecule has 8 heteroatoms. The summed E-state index contributed by atoms with van der Waals surface area (Å²) in [5.41, 5.74) is 3.33. The van der Waals surface area contributed by atoms with E-state index in [1.54, 1.807) is 18.7 Å². The van der Waals surface area contributed by atoms with Crippen LogP contribution in [0.1, 0.15) is 44.1 Å². The van der Waals surface area contributed by atoms with Crippen LogP contribution < -0.4 is 0 Å². The molecule has 2 heterocycles. The van der Waals surface area contributed by atoms with Gasteiger partial charge in [0.2, 0.25) is 0 Å². The van der Waals surface area contributed by atoms with Crippen LogP contribution in [-0.4, -0.2) is 50.4 Å². The van der Waals surface area contributed by atoms with Gasteiger partial charge in [0.1, 0.15) is 5.69 Å². The summed E-state index contributed by atoms with van der Waals surface area (Å²) in [4.78, 5) is 18.9. The zero-order valence-corrected chi connectivity index (χ0v) is 19.5. The first kappa shape index (κ1) is 23.3. The number of likely N-dealkylation sites (tertiary alicyclic amines) is 1. The molecule has 7 nitrogen and oxygen atoms in total. The molecule has 1 aliphatic heterocycles. The lowest BCUT2D eigenvalue weighted by Crippen LogP contribution is -2.47. The van der Waals surface area contributed by atoms with Gasteiger partial charge in [0.05, 0.1) is 12.6 Å². The molecule has 0 unspecified atom stereocenters. The maximum atomic E-state index is 12.4. The number of carbonyl (C=O) groups is 1. The van der Waals surface area contributed by atoms with Crippen LogP contribution in [0, 0.1) is 0 Å². The topological polar surface area (TPSA) is 90.0 Å². The monoisotopic (exact) mass is 469 g/mol. The summed E-state index contributed by atoms with van der Waals surface area (Å²) < 4.78 is 6.31. The molecule has 1 aliphatic rings. The smallest absolute Gasteiger partial charge is 0.343 e. The number of benzene rings is 2. The summed E-state index contributed by atoms with van der Waals surface area (Å²) >= 11 is 6.08. The zero-order chi connectivity index (χ0) is 23.5. The Kier molecular flexibility index (Phi) is 7.02. The predicted octanol–water partition coefficient (Wildman–Crippen LogP) is 5.55. The molecule has 0 radical (unpaired) electrons. The highest BCUT2D eigenvalue weighted by Crippen LogP contribution is 2.38. The summed E-state index contributed by atoms with van der Waals surface area (Å²) in [6, 6.07) is 14.4.